The number of thiazole rings is 1. The van der Waals surface area contributed by atoms with Gasteiger partial charge in [0.05, 0.1) is 10.6 Å². The molecule has 0 radical (unpaired) electrons. The lowest BCUT2D eigenvalue weighted by molar-refractivity contribution is -0.116. The van der Waals surface area contributed by atoms with E-state index in [2.05, 4.69) is 23.4 Å². The van der Waals surface area contributed by atoms with E-state index < -0.39 is 0 Å². The van der Waals surface area contributed by atoms with Crippen LogP contribution in [-0.2, 0) is 11.2 Å². The zero-order chi connectivity index (χ0) is 12.4. The normalized spacial score (nSPS) is 10.8. The number of aromatic nitrogens is 1. The fraction of sp³-hybridized carbons (Fsp3) is 0.385. The van der Waals surface area contributed by atoms with Gasteiger partial charge in [0.2, 0.25) is 0 Å². The van der Waals surface area contributed by atoms with Gasteiger partial charge in [-0.25, -0.2) is 4.98 Å². The molecule has 0 aliphatic carbocycles. The molecule has 0 atom stereocenters. The summed E-state index contributed by atoms with van der Waals surface area (Å²) >= 11 is 3.45. The Labute approximate surface area is 109 Å². The lowest BCUT2D eigenvalue weighted by atomic mass is 10.2. The minimum atomic E-state index is 0.242. The van der Waals surface area contributed by atoms with Gasteiger partial charge in [0.25, 0.3) is 0 Å². The molecule has 17 heavy (non-hydrogen) atoms. The predicted octanol–water partition coefficient (Wildman–Crippen LogP) is 4.01. The van der Waals surface area contributed by atoms with Crippen LogP contribution in [0.3, 0.4) is 0 Å². The largest absolute Gasteiger partial charge is 0.300 e. The van der Waals surface area contributed by atoms with E-state index in [0.29, 0.717) is 6.42 Å². The summed E-state index contributed by atoms with van der Waals surface area (Å²) in [5.41, 5.74) is 2.35. The van der Waals surface area contributed by atoms with Gasteiger partial charge in [-0.05, 0) is 44.2 Å². The molecule has 4 heteroatoms. The molecular weight excluding hydrogens is 250 g/mol. The highest BCUT2D eigenvalue weighted by Crippen LogP contribution is 2.34. The molecule has 0 saturated carbocycles. The summed E-state index contributed by atoms with van der Waals surface area (Å²) in [4.78, 5) is 18.1. The van der Waals surface area contributed by atoms with Crippen LogP contribution in [0, 0.1) is 13.8 Å². The summed E-state index contributed by atoms with van der Waals surface area (Å²) in [6.45, 7) is 5.77. The molecule has 2 nitrogen and oxygen atoms in total. The minimum Gasteiger partial charge on any atom is -0.300 e. The number of carbonyl (C=O) groups is 1. The summed E-state index contributed by atoms with van der Waals surface area (Å²) in [6, 6.07) is 2.12. The second-order valence-electron chi connectivity index (χ2n) is 4.16. The molecule has 0 amide bonds. The molecule has 2 aromatic rings. The van der Waals surface area contributed by atoms with Crippen molar-refractivity contribution in [3.05, 3.63) is 27.6 Å². The molecule has 0 fully saturated rings. The SMILES string of the molecule is CC(=O)CCc1sc(-c2sccc2C)nc1C. The van der Waals surface area contributed by atoms with Crippen LogP contribution in [-0.4, -0.2) is 10.8 Å². The van der Waals surface area contributed by atoms with Gasteiger partial charge < -0.3 is 4.79 Å². The standard InChI is InChI=1S/C13H15NOS2/c1-8-6-7-16-12(8)13-14-10(3)11(17-13)5-4-9(2)15/h6-7H,4-5H2,1-3H3. The third-order valence-electron chi connectivity index (χ3n) is 2.65. The van der Waals surface area contributed by atoms with Crippen LogP contribution in [0.15, 0.2) is 11.4 Å². The average molecular weight is 265 g/mol. The number of carbonyl (C=O) groups excluding carboxylic acids is 1. The summed E-state index contributed by atoms with van der Waals surface area (Å²) in [5.74, 6) is 0.242. The van der Waals surface area contributed by atoms with Gasteiger partial charge in [-0.2, -0.15) is 0 Å². The Balaban J connectivity index is 2.24. The topological polar surface area (TPSA) is 30.0 Å². The molecular formula is C13H15NOS2. The van der Waals surface area contributed by atoms with Gasteiger partial charge in [-0.15, -0.1) is 22.7 Å². The van der Waals surface area contributed by atoms with E-state index in [9.17, 15) is 4.79 Å². The summed E-state index contributed by atoms with van der Waals surface area (Å²) in [6.07, 6.45) is 1.44. The van der Waals surface area contributed by atoms with Crippen molar-refractivity contribution < 1.29 is 4.79 Å². The molecule has 0 aliphatic heterocycles. The van der Waals surface area contributed by atoms with Crippen LogP contribution in [0.5, 0.6) is 0 Å². The van der Waals surface area contributed by atoms with E-state index in [-0.39, 0.29) is 5.78 Å². The first-order chi connectivity index (χ1) is 8.08. The van der Waals surface area contributed by atoms with Gasteiger partial charge in [0.15, 0.2) is 0 Å². The molecule has 2 aromatic heterocycles. The third kappa shape index (κ3) is 2.82. The van der Waals surface area contributed by atoms with E-state index in [4.69, 9.17) is 0 Å². The summed E-state index contributed by atoms with van der Waals surface area (Å²) < 4.78 is 0. The zero-order valence-corrected chi connectivity index (χ0v) is 11.9. The fourth-order valence-corrected chi connectivity index (χ4v) is 3.78. The first-order valence-electron chi connectivity index (χ1n) is 5.58. The zero-order valence-electron chi connectivity index (χ0n) is 10.2. The minimum absolute atomic E-state index is 0.242. The fourth-order valence-electron chi connectivity index (χ4n) is 1.64. The number of hydrogen-bond donors (Lipinski definition) is 0. The van der Waals surface area contributed by atoms with E-state index in [1.807, 2.05) is 6.92 Å². The van der Waals surface area contributed by atoms with Crippen molar-refractivity contribution >= 4 is 28.5 Å². The lowest BCUT2D eigenvalue weighted by Crippen LogP contribution is -1.93. The Morgan fingerprint density at radius 2 is 2.18 bits per heavy atom. The number of thiophene rings is 1. The van der Waals surface area contributed by atoms with Gasteiger partial charge in [0.1, 0.15) is 10.8 Å². The number of hydrogen-bond acceptors (Lipinski definition) is 4. The number of Topliss-reactive ketones (excluding diaryl/α,β-unsaturated/α-hetero) is 1. The molecule has 2 heterocycles. The maximum Gasteiger partial charge on any atom is 0.134 e. The Kier molecular flexibility index (Phi) is 3.74. The molecule has 0 N–H and O–H groups in total. The van der Waals surface area contributed by atoms with E-state index in [1.54, 1.807) is 29.6 Å². The Hall–Kier alpha value is -1.00. The number of nitrogens with zero attached hydrogens (tertiary/aromatic N) is 1. The van der Waals surface area contributed by atoms with Crippen LogP contribution in [0.1, 0.15) is 29.5 Å². The second-order valence-corrected chi connectivity index (χ2v) is 6.16. The maximum atomic E-state index is 11.0. The van der Waals surface area contributed by atoms with Crippen LogP contribution in [0.25, 0.3) is 9.88 Å². The summed E-state index contributed by atoms with van der Waals surface area (Å²) in [5, 5.41) is 3.19. The van der Waals surface area contributed by atoms with E-state index in [1.165, 1.54) is 15.3 Å². The van der Waals surface area contributed by atoms with Crippen LogP contribution < -0.4 is 0 Å². The highest BCUT2D eigenvalue weighted by molar-refractivity contribution is 7.21. The van der Waals surface area contributed by atoms with Crippen LogP contribution in [0.2, 0.25) is 0 Å². The van der Waals surface area contributed by atoms with Gasteiger partial charge in [-0.1, -0.05) is 0 Å². The molecule has 90 valence electrons. The van der Waals surface area contributed by atoms with Crippen molar-refractivity contribution in [2.45, 2.75) is 33.6 Å². The molecule has 0 aromatic carbocycles. The number of rotatable bonds is 4. The molecule has 0 spiro atoms. The van der Waals surface area contributed by atoms with Crippen molar-refractivity contribution in [2.75, 3.05) is 0 Å². The maximum absolute atomic E-state index is 11.0. The van der Waals surface area contributed by atoms with E-state index >= 15 is 0 Å². The predicted molar refractivity (Wildman–Crippen MR) is 73.9 cm³/mol. The first-order valence-corrected chi connectivity index (χ1v) is 7.27. The highest BCUT2D eigenvalue weighted by atomic mass is 32.1. The molecule has 0 saturated heterocycles. The van der Waals surface area contributed by atoms with Crippen molar-refractivity contribution in [1.29, 1.82) is 0 Å². The monoisotopic (exact) mass is 265 g/mol. The van der Waals surface area contributed by atoms with Crippen LogP contribution >= 0.6 is 22.7 Å². The van der Waals surface area contributed by atoms with Gasteiger partial charge in [-0.3, -0.25) is 0 Å². The van der Waals surface area contributed by atoms with Gasteiger partial charge in [0, 0.05) is 11.3 Å². The van der Waals surface area contributed by atoms with Crippen molar-refractivity contribution in [3.63, 3.8) is 0 Å². The second kappa shape index (κ2) is 5.10. The van der Waals surface area contributed by atoms with Crippen LogP contribution in [0.4, 0.5) is 0 Å². The van der Waals surface area contributed by atoms with E-state index in [0.717, 1.165) is 17.1 Å². The van der Waals surface area contributed by atoms with Crippen molar-refractivity contribution in [2.24, 2.45) is 0 Å². The quantitative estimate of drug-likeness (QED) is 0.836. The Bertz CT molecular complexity index is 539. The third-order valence-corrected chi connectivity index (χ3v) is 5.04. The lowest BCUT2D eigenvalue weighted by Gasteiger charge is -1.94. The number of aryl methyl sites for hydroxylation is 3. The molecule has 0 bridgehead atoms. The average Bonchev–Trinajstić information content (AvgIpc) is 2.82. The first kappa shape index (κ1) is 12.5. The molecule has 0 unspecified atom stereocenters. The number of ketones is 1. The molecule has 0 aliphatic rings. The van der Waals surface area contributed by atoms with Gasteiger partial charge >= 0.3 is 0 Å². The van der Waals surface area contributed by atoms with Crippen molar-refractivity contribution in [3.8, 4) is 9.88 Å². The van der Waals surface area contributed by atoms with Crippen molar-refractivity contribution in [1.82, 2.24) is 4.98 Å². The molecule has 2 rings (SSSR count). The Morgan fingerprint density at radius 1 is 1.41 bits per heavy atom. The summed E-state index contributed by atoms with van der Waals surface area (Å²) in [7, 11) is 0. The Morgan fingerprint density at radius 3 is 2.76 bits per heavy atom. The smallest absolute Gasteiger partial charge is 0.134 e. The highest BCUT2D eigenvalue weighted by Gasteiger charge is 2.12.